The molecule has 2 atom stereocenters. The van der Waals surface area contributed by atoms with Crippen LogP contribution >= 0.6 is 11.8 Å². The van der Waals surface area contributed by atoms with Crippen LogP contribution < -0.4 is 5.32 Å². The zero-order valence-corrected chi connectivity index (χ0v) is 11.2. The lowest BCUT2D eigenvalue weighted by Crippen LogP contribution is -2.32. The second kappa shape index (κ2) is 6.31. The summed E-state index contributed by atoms with van der Waals surface area (Å²) < 4.78 is 0. The predicted octanol–water partition coefficient (Wildman–Crippen LogP) is 3.51. The van der Waals surface area contributed by atoms with Crippen LogP contribution in [0, 0.1) is 0 Å². The summed E-state index contributed by atoms with van der Waals surface area (Å²) in [5.74, 6) is 0. The van der Waals surface area contributed by atoms with Crippen molar-refractivity contribution in [3.8, 4) is 0 Å². The van der Waals surface area contributed by atoms with Gasteiger partial charge in [-0.2, -0.15) is 0 Å². The number of thioether (sulfide) groups is 1. The van der Waals surface area contributed by atoms with Gasteiger partial charge in [0.15, 0.2) is 0 Å². The highest BCUT2D eigenvalue weighted by molar-refractivity contribution is 7.98. The van der Waals surface area contributed by atoms with Crippen LogP contribution in [-0.4, -0.2) is 23.5 Å². The van der Waals surface area contributed by atoms with Crippen molar-refractivity contribution < 1.29 is 5.11 Å². The van der Waals surface area contributed by atoms with Gasteiger partial charge in [-0.25, -0.2) is 0 Å². The first kappa shape index (κ1) is 12.8. The fraction of sp³-hybridized carbons (Fsp3) is 0.571. The normalized spacial score (nSPS) is 25.3. The van der Waals surface area contributed by atoms with Crippen LogP contribution in [0.3, 0.4) is 0 Å². The minimum atomic E-state index is -0.199. The third-order valence-corrected chi connectivity index (χ3v) is 4.13. The summed E-state index contributed by atoms with van der Waals surface area (Å²) in [6.07, 6.45) is 7.52. The molecule has 0 spiro atoms. The van der Waals surface area contributed by atoms with Crippen LogP contribution in [0.4, 0.5) is 5.69 Å². The van der Waals surface area contributed by atoms with Crippen molar-refractivity contribution in [2.24, 2.45) is 0 Å². The van der Waals surface area contributed by atoms with Crippen molar-refractivity contribution in [1.82, 2.24) is 0 Å². The number of hydrogen-bond acceptors (Lipinski definition) is 3. The molecule has 2 unspecified atom stereocenters. The Labute approximate surface area is 108 Å². The molecule has 0 bridgehead atoms. The van der Waals surface area contributed by atoms with Gasteiger partial charge in [-0.05, 0) is 37.3 Å². The van der Waals surface area contributed by atoms with Gasteiger partial charge in [0.25, 0.3) is 0 Å². The molecule has 1 aliphatic rings. The van der Waals surface area contributed by atoms with Gasteiger partial charge >= 0.3 is 0 Å². The van der Waals surface area contributed by atoms with Gasteiger partial charge in [0, 0.05) is 10.6 Å². The standard InChI is InChI=1S/C14H21NOS/c1-17-12-7-5-6-11(10-12)15-13-8-3-2-4-9-14(13)16/h5-7,10,13-16H,2-4,8-9H2,1H3. The third kappa shape index (κ3) is 3.65. The molecule has 0 aliphatic heterocycles. The first-order valence-electron chi connectivity index (χ1n) is 6.38. The Kier molecular flexibility index (Phi) is 4.75. The molecular weight excluding hydrogens is 230 g/mol. The van der Waals surface area contributed by atoms with Gasteiger partial charge in [-0.3, -0.25) is 0 Å². The lowest BCUT2D eigenvalue weighted by Gasteiger charge is -2.23. The zero-order chi connectivity index (χ0) is 12.1. The van der Waals surface area contributed by atoms with E-state index >= 15 is 0 Å². The van der Waals surface area contributed by atoms with Crippen molar-refractivity contribution in [2.45, 2.75) is 49.1 Å². The summed E-state index contributed by atoms with van der Waals surface area (Å²) in [6.45, 7) is 0. The van der Waals surface area contributed by atoms with E-state index in [0.717, 1.165) is 24.9 Å². The van der Waals surface area contributed by atoms with Gasteiger partial charge < -0.3 is 10.4 Å². The van der Waals surface area contributed by atoms with Crippen molar-refractivity contribution in [2.75, 3.05) is 11.6 Å². The summed E-state index contributed by atoms with van der Waals surface area (Å²) in [5, 5.41) is 13.6. The molecule has 94 valence electrons. The molecule has 0 radical (unpaired) electrons. The zero-order valence-electron chi connectivity index (χ0n) is 10.4. The molecule has 1 aromatic carbocycles. The summed E-state index contributed by atoms with van der Waals surface area (Å²) in [6, 6.07) is 8.63. The Morgan fingerprint density at radius 2 is 2.06 bits per heavy atom. The van der Waals surface area contributed by atoms with Gasteiger partial charge in [-0.15, -0.1) is 11.8 Å². The number of anilines is 1. The Bertz CT molecular complexity index is 356. The van der Waals surface area contributed by atoms with E-state index < -0.39 is 0 Å². The maximum atomic E-state index is 10.1. The largest absolute Gasteiger partial charge is 0.391 e. The summed E-state index contributed by atoms with van der Waals surface area (Å²) >= 11 is 1.75. The lowest BCUT2D eigenvalue weighted by atomic mass is 10.1. The Morgan fingerprint density at radius 1 is 1.24 bits per heavy atom. The van der Waals surface area contributed by atoms with Crippen LogP contribution in [0.15, 0.2) is 29.2 Å². The Hall–Kier alpha value is -0.670. The fourth-order valence-corrected chi connectivity index (χ4v) is 2.84. The second-order valence-electron chi connectivity index (χ2n) is 4.69. The van der Waals surface area contributed by atoms with E-state index in [-0.39, 0.29) is 12.1 Å². The molecule has 0 amide bonds. The second-order valence-corrected chi connectivity index (χ2v) is 5.57. The Morgan fingerprint density at radius 3 is 2.88 bits per heavy atom. The molecule has 1 fully saturated rings. The Balaban J connectivity index is 2.02. The number of benzene rings is 1. The third-order valence-electron chi connectivity index (χ3n) is 3.40. The van der Waals surface area contributed by atoms with E-state index in [0.29, 0.717) is 0 Å². The number of rotatable bonds is 3. The minimum Gasteiger partial charge on any atom is -0.391 e. The van der Waals surface area contributed by atoms with Crippen LogP contribution in [0.1, 0.15) is 32.1 Å². The molecule has 1 saturated carbocycles. The van der Waals surface area contributed by atoms with E-state index in [4.69, 9.17) is 0 Å². The number of aliphatic hydroxyl groups is 1. The highest BCUT2D eigenvalue weighted by atomic mass is 32.2. The van der Waals surface area contributed by atoms with Crippen LogP contribution in [-0.2, 0) is 0 Å². The fourth-order valence-electron chi connectivity index (χ4n) is 2.38. The first-order chi connectivity index (χ1) is 8.29. The molecule has 2 N–H and O–H groups in total. The van der Waals surface area contributed by atoms with Crippen LogP contribution in [0.2, 0.25) is 0 Å². The number of hydrogen-bond donors (Lipinski definition) is 2. The van der Waals surface area contributed by atoms with E-state index in [9.17, 15) is 5.11 Å². The molecule has 0 aromatic heterocycles. The SMILES string of the molecule is CSc1cccc(NC2CCCCCC2O)c1. The molecular formula is C14H21NOS. The lowest BCUT2D eigenvalue weighted by molar-refractivity contribution is 0.144. The highest BCUT2D eigenvalue weighted by Gasteiger charge is 2.21. The quantitative estimate of drug-likeness (QED) is 0.637. The van der Waals surface area contributed by atoms with E-state index in [2.05, 4.69) is 35.8 Å². The van der Waals surface area contributed by atoms with Gasteiger partial charge in [0.05, 0.1) is 12.1 Å². The maximum Gasteiger partial charge on any atom is 0.0741 e. The molecule has 1 aromatic rings. The molecule has 0 heterocycles. The summed E-state index contributed by atoms with van der Waals surface area (Å²) in [5.41, 5.74) is 1.13. The van der Waals surface area contributed by atoms with E-state index in [1.165, 1.54) is 17.7 Å². The van der Waals surface area contributed by atoms with Crippen molar-refractivity contribution in [3.63, 3.8) is 0 Å². The molecule has 0 saturated heterocycles. The minimum absolute atomic E-state index is 0.199. The van der Waals surface area contributed by atoms with Crippen LogP contribution in [0.25, 0.3) is 0 Å². The first-order valence-corrected chi connectivity index (χ1v) is 7.61. The van der Waals surface area contributed by atoms with Gasteiger partial charge in [-0.1, -0.05) is 25.3 Å². The monoisotopic (exact) mass is 251 g/mol. The number of nitrogens with one attached hydrogen (secondary N) is 1. The van der Waals surface area contributed by atoms with E-state index in [1.807, 2.05) is 0 Å². The predicted molar refractivity (Wildman–Crippen MR) is 74.7 cm³/mol. The topological polar surface area (TPSA) is 32.3 Å². The molecule has 2 nitrogen and oxygen atoms in total. The van der Waals surface area contributed by atoms with E-state index in [1.54, 1.807) is 11.8 Å². The average molecular weight is 251 g/mol. The summed E-state index contributed by atoms with van der Waals surface area (Å²) in [7, 11) is 0. The van der Waals surface area contributed by atoms with Crippen LogP contribution in [0.5, 0.6) is 0 Å². The maximum absolute atomic E-state index is 10.1. The molecule has 1 aliphatic carbocycles. The highest BCUT2D eigenvalue weighted by Crippen LogP contribution is 2.24. The molecule has 3 heteroatoms. The molecule has 2 rings (SSSR count). The van der Waals surface area contributed by atoms with Crippen molar-refractivity contribution in [3.05, 3.63) is 24.3 Å². The number of aliphatic hydroxyl groups excluding tert-OH is 1. The molecule has 17 heavy (non-hydrogen) atoms. The smallest absolute Gasteiger partial charge is 0.0741 e. The van der Waals surface area contributed by atoms with Gasteiger partial charge in [0.2, 0.25) is 0 Å². The average Bonchev–Trinajstić information content (AvgIpc) is 2.55. The summed E-state index contributed by atoms with van der Waals surface area (Å²) in [4.78, 5) is 1.26. The van der Waals surface area contributed by atoms with Crippen molar-refractivity contribution in [1.29, 1.82) is 0 Å². The van der Waals surface area contributed by atoms with Gasteiger partial charge in [0.1, 0.15) is 0 Å². The van der Waals surface area contributed by atoms with Crippen molar-refractivity contribution >= 4 is 17.4 Å².